The van der Waals surface area contributed by atoms with Crippen LogP contribution in [0.4, 0.5) is 0 Å². The van der Waals surface area contributed by atoms with Crippen molar-refractivity contribution in [2.24, 2.45) is 0 Å². The molecule has 0 spiro atoms. The summed E-state index contributed by atoms with van der Waals surface area (Å²) in [6, 6.07) is 11.6. The van der Waals surface area contributed by atoms with Gasteiger partial charge in [0.2, 0.25) is 11.4 Å². The fourth-order valence-corrected chi connectivity index (χ4v) is 6.11. The van der Waals surface area contributed by atoms with Gasteiger partial charge in [0, 0.05) is 43.9 Å². The van der Waals surface area contributed by atoms with Crippen LogP contribution in [0, 0.1) is 0 Å². The van der Waals surface area contributed by atoms with Gasteiger partial charge in [0.15, 0.2) is 11.8 Å². The molecule has 0 unspecified atom stereocenters. The van der Waals surface area contributed by atoms with E-state index in [2.05, 4.69) is 4.98 Å². The number of ether oxygens (including phenoxy) is 1. The number of hydroxylamine groups is 2. The zero-order chi connectivity index (χ0) is 33.1. The molecule has 0 saturated carbocycles. The summed E-state index contributed by atoms with van der Waals surface area (Å²) in [6.45, 7) is 0.353. The minimum Gasteiger partial charge on any atom is -0.492 e. The number of fused-ring (bicyclic) bond motifs is 2. The number of unbranched alkanes of at least 4 members (excludes halogenated alkanes) is 2. The molecule has 3 heterocycles. The highest BCUT2D eigenvalue weighted by molar-refractivity contribution is 7.86. The van der Waals surface area contributed by atoms with Gasteiger partial charge in [0.1, 0.15) is 22.7 Å². The van der Waals surface area contributed by atoms with Crippen molar-refractivity contribution in [3.8, 4) is 17.2 Å². The van der Waals surface area contributed by atoms with Gasteiger partial charge in [0.25, 0.3) is 32.1 Å². The molecule has 15 nitrogen and oxygen atoms in total. The van der Waals surface area contributed by atoms with Crippen LogP contribution in [0.1, 0.15) is 44.9 Å². The van der Waals surface area contributed by atoms with Crippen molar-refractivity contribution in [2.45, 2.75) is 56.4 Å². The molecular weight excluding hydrogens is 646 g/mol. The van der Waals surface area contributed by atoms with Crippen LogP contribution >= 0.6 is 0 Å². The second kappa shape index (κ2) is 13.5. The number of rotatable bonds is 14. The molecule has 17 heteroatoms. The number of pyridine rings is 1. The van der Waals surface area contributed by atoms with E-state index >= 15 is 0 Å². The van der Waals surface area contributed by atoms with E-state index in [1.807, 2.05) is 35.0 Å². The minimum atomic E-state index is -4.75. The second-order valence-corrected chi connectivity index (χ2v) is 13.5. The highest BCUT2D eigenvalue weighted by Crippen LogP contribution is 2.34. The lowest BCUT2D eigenvalue weighted by Gasteiger charge is -2.12. The first kappa shape index (κ1) is 32.9. The average Bonchev–Trinajstić information content (AvgIpc) is 3.55. The van der Waals surface area contributed by atoms with E-state index in [1.54, 1.807) is 6.07 Å². The summed E-state index contributed by atoms with van der Waals surface area (Å²) >= 11 is 0. The topological polar surface area (TPSA) is 212 Å². The van der Waals surface area contributed by atoms with Crippen molar-refractivity contribution in [3.05, 3.63) is 48.7 Å². The SMILES string of the molecule is O=C(CCCCC[n+]1ccc(-c2nc3cc(S(=O)(=O)O)c(OCCCS(=O)(=O)O)cc3o2)c2ccccc21)ON1C(=O)CCC1=O. The van der Waals surface area contributed by atoms with Gasteiger partial charge in [-0.15, -0.1) is 5.06 Å². The third-order valence-electron chi connectivity index (χ3n) is 7.17. The van der Waals surface area contributed by atoms with E-state index < -0.39 is 48.7 Å². The fourth-order valence-electron chi connectivity index (χ4n) is 4.99. The maximum atomic E-state index is 12.1. The predicted molar refractivity (Wildman–Crippen MR) is 159 cm³/mol. The maximum absolute atomic E-state index is 12.1. The maximum Gasteiger partial charge on any atom is 0.333 e. The molecule has 2 aromatic heterocycles. The van der Waals surface area contributed by atoms with Gasteiger partial charge in [-0.3, -0.25) is 18.7 Å². The van der Waals surface area contributed by atoms with E-state index in [1.165, 1.54) is 6.07 Å². The van der Waals surface area contributed by atoms with Crippen molar-refractivity contribution in [1.29, 1.82) is 0 Å². The Morgan fingerprint density at radius 2 is 1.72 bits per heavy atom. The molecule has 2 amide bonds. The van der Waals surface area contributed by atoms with Crippen LogP contribution in [0.3, 0.4) is 0 Å². The van der Waals surface area contributed by atoms with Gasteiger partial charge in [-0.1, -0.05) is 12.1 Å². The van der Waals surface area contributed by atoms with Crippen molar-refractivity contribution < 1.29 is 58.9 Å². The number of carbonyl (C=O) groups is 3. The summed E-state index contributed by atoms with van der Waals surface area (Å²) < 4.78 is 78.1. The third kappa shape index (κ3) is 7.85. The van der Waals surface area contributed by atoms with Crippen LogP contribution in [0.25, 0.3) is 33.5 Å². The number of nitrogens with zero attached hydrogens (tertiary/aromatic N) is 3. The first-order valence-electron chi connectivity index (χ1n) is 14.3. The monoisotopic (exact) mass is 676 g/mol. The minimum absolute atomic E-state index is 0.0391. The zero-order valence-corrected chi connectivity index (χ0v) is 26.0. The number of aromatic nitrogens is 2. The van der Waals surface area contributed by atoms with E-state index in [4.69, 9.17) is 18.5 Å². The largest absolute Gasteiger partial charge is 0.492 e. The molecule has 1 aliphatic rings. The number of benzene rings is 2. The Morgan fingerprint density at radius 1 is 0.978 bits per heavy atom. The number of carbonyl (C=O) groups excluding carboxylic acids is 3. The van der Waals surface area contributed by atoms with Crippen LogP contribution in [0.15, 0.2) is 58.0 Å². The molecular formula is C29H30N3O12S2+. The molecule has 1 fully saturated rings. The van der Waals surface area contributed by atoms with Gasteiger partial charge in [-0.05, 0) is 31.4 Å². The van der Waals surface area contributed by atoms with Gasteiger partial charge < -0.3 is 14.0 Å². The van der Waals surface area contributed by atoms with Crippen LogP contribution in [0.5, 0.6) is 5.75 Å². The van der Waals surface area contributed by atoms with E-state index in [0.29, 0.717) is 30.0 Å². The number of imide groups is 1. The zero-order valence-electron chi connectivity index (χ0n) is 24.3. The van der Waals surface area contributed by atoms with Gasteiger partial charge in [-0.2, -0.15) is 21.4 Å². The lowest BCUT2D eigenvalue weighted by Crippen LogP contribution is -2.34. The lowest BCUT2D eigenvalue weighted by molar-refractivity contribution is -0.671. The Morgan fingerprint density at radius 3 is 2.43 bits per heavy atom. The molecule has 0 aliphatic carbocycles. The first-order chi connectivity index (χ1) is 21.8. The van der Waals surface area contributed by atoms with Crippen molar-refractivity contribution >= 4 is 60.0 Å². The summed E-state index contributed by atoms with van der Waals surface area (Å²) in [5.41, 5.74) is 1.76. The Balaban J connectivity index is 1.29. The molecule has 1 aliphatic heterocycles. The van der Waals surface area contributed by atoms with Crippen molar-refractivity contribution in [3.63, 3.8) is 0 Å². The molecule has 0 bridgehead atoms. The van der Waals surface area contributed by atoms with E-state index in [-0.39, 0.29) is 55.0 Å². The number of oxazole rings is 1. The number of hydrogen-bond acceptors (Lipinski definition) is 11. The third-order valence-corrected chi connectivity index (χ3v) is 8.85. The Hall–Kier alpha value is -4.45. The summed E-state index contributed by atoms with van der Waals surface area (Å²) in [5.74, 6) is -2.35. The van der Waals surface area contributed by atoms with Crippen molar-refractivity contribution in [2.75, 3.05) is 12.4 Å². The van der Waals surface area contributed by atoms with Crippen LogP contribution < -0.4 is 9.30 Å². The van der Waals surface area contributed by atoms with Crippen LogP contribution in [0.2, 0.25) is 0 Å². The number of hydrogen-bond donors (Lipinski definition) is 2. The molecule has 0 radical (unpaired) electrons. The van der Waals surface area contributed by atoms with Crippen molar-refractivity contribution in [1.82, 2.24) is 10.0 Å². The van der Waals surface area contributed by atoms with E-state index in [0.717, 1.165) is 23.4 Å². The molecule has 0 atom stereocenters. The smallest absolute Gasteiger partial charge is 0.333 e. The second-order valence-electron chi connectivity index (χ2n) is 10.5. The molecule has 5 rings (SSSR count). The molecule has 1 saturated heterocycles. The average molecular weight is 677 g/mol. The molecule has 2 N–H and O–H groups in total. The van der Waals surface area contributed by atoms with Crippen LogP contribution in [-0.2, 0) is 46.0 Å². The summed E-state index contributed by atoms with van der Waals surface area (Å²) in [4.78, 5) is 44.0. The summed E-state index contributed by atoms with van der Waals surface area (Å²) in [5, 5.41) is 1.33. The first-order valence-corrected chi connectivity index (χ1v) is 17.3. The predicted octanol–water partition coefficient (Wildman–Crippen LogP) is 3.01. The molecule has 46 heavy (non-hydrogen) atoms. The Labute approximate surface area is 263 Å². The Bertz CT molecular complexity index is 2020. The summed E-state index contributed by atoms with van der Waals surface area (Å²) in [7, 11) is -8.98. The summed E-state index contributed by atoms with van der Waals surface area (Å²) in [6.07, 6.45) is 3.77. The molecule has 2 aromatic carbocycles. The number of para-hydroxylation sites is 1. The lowest BCUT2D eigenvalue weighted by atomic mass is 10.1. The quantitative estimate of drug-likeness (QED) is 0.0852. The standard InChI is InChI=1S/C29H29N3O12S2/c33-26-10-11-27(34)32(26)44-28(35)9-2-1-5-13-31-14-12-20(19-7-3-4-8-22(19)31)29-30-21-17-25(46(39,40)41)24(18-23(21)43-29)42-15-6-16-45(36,37)38/h3-4,7-8,12,14,17-18H,1-2,5-6,9-11,13,15-16H2,(H-,36,37,38,39,40,41)/p+1. The van der Waals surface area contributed by atoms with Gasteiger partial charge in [-0.25, -0.2) is 9.78 Å². The van der Waals surface area contributed by atoms with E-state index in [9.17, 15) is 35.8 Å². The van der Waals surface area contributed by atoms with Crippen LogP contribution in [-0.4, -0.2) is 66.1 Å². The number of aryl methyl sites for hydroxylation is 1. The van der Waals surface area contributed by atoms with Gasteiger partial charge in [0.05, 0.1) is 23.3 Å². The normalized spacial score (nSPS) is 14.0. The highest BCUT2D eigenvalue weighted by Gasteiger charge is 2.32. The molecule has 244 valence electrons. The fraction of sp³-hybridized carbons (Fsp3) is 0.345. The highest BCUT2D eigenvalue weighted by atomic mass is 32.2. The van der Waals surface area contributed by atoms with Gasteiger partial charge >= 0.3 is 5.97 Å². The Kier molecular flexibility index (Phi) is 9.66. The molecule has 4 aromatic rings. The number of amides is 2.